The monoisotopic (exact) mass is 356 g/mol. The van der Waals surface area contributed by atoms with Gasteiger partial charge in [-0.3, -0.25) is 14.5 Å². The number of carbonyl (C=O) groups excluding carboxylic acids is 2. The van der Waals surface area contributed by atoms with Crippen molar-refractivity contribution in [3.63, 3.8) is 0 Å². The number of hydrogen-bond donors (Lipinski definition) is 2. The van der Waals surface area contributed by atoms with E-state index < -0.39 is 16.1 Å². The van der Waals surface area contributed by atoms with Gasteiger partial charge in [-0.2, -0.15) is 0 Å². The third kappa shape index (κ3) is 3.74. The van der Waals surface area contributed by atoms with E-state index in [1.807, 2.05) is 0 Å². The van der Waals surface area contributed by atoms with E-state index >= 15 is 0 Å². The minimum atomic E-state index is -3.99. The van der Waals surface area contributed by atoms with Gasteiger partial charge in [-0.05, 0) is 31.5 Å². The van der Waals surface area contributed by atoms with Gasteiger partial charge in [0.1, 0.15) is 10.6 Å². The molecule has 132 valence electrons. The fraction of sp³-hybridized carbons (Fsp3) is 0.467. The number of methoxy groups -OCH3 is 1. The molecule has 1 saturated heterocycles. The second kappa shape index (κ2) is 7.29. The largest absolute Gasteiger partial charge is 0.495 e. The molecule has 1 atom stereocenters. The van der Waals surface area contributed by atoms with Crippen LogP contribution in [0.4, 0.5) is 5.69 Å². The molecular weight excluding hydrogens is 336 g/mol. The molecule has 0 aliphatic carbocycles. The Bertz CT molecular complexity index is 730. The first-order valence-electron chi connectivity index (χ1n) is 7.47. The summed E-state index contributed by atoms with van der Waals surface area (Å²) in [6.07, 6.45) is 0.963. The normalized spacial score (nSPS) is 17.0. The molecule has 0 unspecified atom stereocenters. The van der Waals surface area contributed by atoms with Gasteiger partial charge in [0, 0.05) is 18.9 Å². The van der Waals surface area contributed by atoms with Crippen LogP contribution in [0.25, 0.3) is 0 Å². The van der Waals surface area contributed by atoms with Gasteiger partial charge in [0.25, 0.3) is 0 Å². The lowest BCUT2D eigenvalue weighted by atomic mass is 10.1. The Morgan fingerprint density at radius 2 is 1.92 bits per heavy atom. The maximum Gasteiger partial charge on any atom is 0.244 e. The summed E-state index contributed by atoms with van der Waals surface area (Å²) in [5, 5.41) is 9.04. The Balaban J connectivity index is 2.48. The van der Waals surface area contributed by atoms with E-state index in [1.165, 1.54) is 32.2 Å². The first kappa shape index (κ1) is 18.4. The molecule has 1 heterocycles. The number of aliphatic hydroxyl groups is 1. The van der Waals surface area contributed by atoms with Crippen molar-refractivity contribution < 1.29 is 27.9 Å². The highest BCUT2D eigenvalue weighted by Gasteiger charge is 2.30. The second-order valence-electron chi connectivity index (χ2n) is 5.52. The zero-order valence-electron chi connectivity index (χ0n) is 13.5. The molecule has 0 bridgehead atoms. The van der Waals surface area contributed by atoms with Crippen molar-refractivity contribution in [1.82, 2.24) is 4.72 Å². The predicted molar refractivity (Wildman–Crippen MR) is 86.2 cm³/mol. The average Bonchev–Trinajstić information content (AvgIpc) is 2.54. The number of sulfonamides is 1. The van der Waals surface area contributed by atoms with Gasteiger partial charge in [-0.1, -0.05) is 0 Å². The van der Waals surface area contributed by atoms with E-state index in [0.717, 1.165) is 4.90 Å². The number of benzene rings is 1. The quantitative estimate of drug-likeness (QED) is 0.713. The van der Waals surface area contributed by atoms with Crippen LogP contribution >= 0.6 is 0 Å². The van der Waals surface area contributed by atoms with Gasteiger partial charge in [-0.15, -0.1) is 0 Å². The third-order valence-corrected chi connectivity index (χ3v) is 5.22. The SMILES string of the molecule is COc1ccc(N2C(=O)CCCC2=O)cc1S(=O)(=O)N[C@@H](C)CO. The van der Waals surface area contributed by atoms with E-state index in [4.69, 9.17) is 9.84 Å². The minimum Gasteiger partial charge on any atom is -0.495 e. The van der Waals surface area contributed by atoms with Crippen LogP contribution in [0.2, 0.25) is 0 Å². The Morgan fingerprint density at radius 1 is 1.29 bits per heavy atom. The number of carbonyl (C=O) groups is 2. The molecule has 24 heavy (non-hydrogen) atoms. The molecule has 0 spiro atoms. The maximum absolute atomic E-state index is 12.5. The summed E-state index contributed by atoms with van der Waals surface area (Å²) in [7, 11) is -2.67. The summed E-state index contributed by atoms with van der Waals surface area (Å²) in [6.45, 7) is 1.13. The lowest BCUT2D eigenvalue weighted by Crippen LogP contribution is -2.40. The number of nitrogens with one attached hydrogen (secondary N) is 1. The molecule has 0 saturated carbocycles. The number of aliphatic hydroxyl groups excluding tert-OH is 1. The van der Waals surface area contributed by atoms with Gasteiger partial charge >= 0.3 is 0 Å². The molecular formula is C15H20N2O6S. The molecule has 1 aromatic carbocycles. The fourth-order valence-corrected chi connectivity index (χ4v) is 3.84. The zero-order valence-corrected chi connectivity index (χ0v) is 14.3. The van der Waals surface area contributed by atoms with Crippen LogP contribution < -0.4 is 14.4 Å². The topological polar surface area (TPSA) is 113 Å². The van der Waals surface area contributed by atoms with E-state index in [0.29, 0.717) is 6.42 Å². The number of imide groups is 1. The lowest BCUT2D eigenvalue weighted by Gasteiger charge is -2.25. The van der Waals surface area contributed by atoms with Crippen LogP contribution in [0.1, 0.15) is 26.2 Å². The number of ether oxygens (including phenoxy) is 1. The number of anilines is 1. The first-order valence-corrected chi connectivity index (χ1v) is 8.95. The Hall–Kier alpha value is -1.97. The van der Waals surface area contributed by atoms with Crippen LogP contribution in [-0.2, 0) is 19.6 Å². The Morgan fingerprint density at radius 3 is 2.46 bits per heavy atom. The molecule has 1 aliphatic rings. The van der Waals surface area contributed by atoms with Gasteiger partial charge in [-0.25, -0.2) is 13.1 Å². The van der Waals surface area contributed by atoms with E-state index in [2.05, 4.69) is 4.72 Å². The van der Waals surface area contributed by atoms with Crippen LogP contribution in [0.3, 0.4) is 0 Å². The number of amides is 2. The predicted octanol–water partition coefficient (Wildman–Crippen LogP) is 0.398. The van der Waals surface area contributed by atoms with Crippen molar-refractivity contribution in [2.75, 3.05) is 18.6 Å². The van der Waals surface area contributed by atoms with Gasteiger partial charge in [0.05, 0.1) is 19.4 Å². The van der Waals surface area contributed by atoms with E-state index in [1.54, 1.807) is 0 Å². The van der Waals surface area contributed by atoms with Gasteiger partial charge in [0.2, 0.25) is 21.8 Å². The van der Waals surface area contributed by atoms with Gasteiger partial charge < -0.3 is 9.84 Å². The van der Waals surface area contributed by atoms with Crippen molar-refractivity contribution >= 4 is 27.5 Å². The molecule has 1 aromatic rings. The van der Waals surface area contributed by atoms with Gasteiger partial charge in [0.15, 0.2) is 0 Å². The molecule has 2 N–H and O–H groups in total. The number of piperidine rings is 1. The molecule has 2 rings (SSSR count). The summed E-state index contributed by atoms with van der Waals surface area (Å²) in [6, 6.07) is 3.39. The number of rotatable bonds is 6. The minimum absolute atomic E-state index is 0.0771. The summed E-state index contributed by atoms with van der Waals surface area (Å²) in [4.78, 5) is 24.8. The molecule has 2 amide bonds. The molecule has 9 heteroatoms. The first-order chi connectivity index (χ1) is 11.3. The van der Waals surface area contributed by atoms with Crippen molar-refractivity contribution in [1.29, 1.82) is 0 Å². The van der Waals surface area contributed by atoms with Crippen molar-refractivity contribution in [3.05, 3.63) is 18.2 Å². The van der Waals surface area contributed by atoms with Crippen molar-refractivity contribution in [2.45, 2.75) is 37.1 Å². The zero-order chi connectivity index (χ0) is 17.9. The molecule has 1 aliphatic heterocycles. The third-order valence-electron chi connectivity index (χ3n) is 3.61. The van der Waals surface area contributed by atoms with Crippen LogP contribution in [-0.4, -0.2) is 45.1 Å². The molecule has 8 nitrogen and oxygen atoms in total. The summed E-state index contributed by atoms with van der Waals surface area (Å²) in [5.74, 6) is -0.652. The molecule has 1 fully saturated rings. The van der Waals surface area contributed by atoms with Crippen molar-refractivity contribution in [2.24, 2.45) is 0 Å². The molecule has 0 aromatic heterocycles. The van der Waals surface area contributed by atoms with Crippen molar-refractivity contribution in [3.8, 4) is 5.75 Å². The van der Waals surface area contributed by atoms with Crippen LogP contribution in [0, 0.1) is 0 Å². The highest BCUT2D eigenvalue weighted by molar-refractivity contribution is 7.89. The Kier molecular flexibility index (Phi) is 5.58. The highest BCUT2D eigenvalue weighted by atomic mass is 32.2. The summed E-state index contributed by atoms with van der Waals surface area (Å²) < 4.78 is 32.4. The molecule has 0 radical (unpaired) electrons. The average molecular weight is 356 g/mol. The van der Waals surface area contributed by atoms with E-state index in [9.17, 15) is 18.0 Å². The standard InChI is InChI=1S/C15H20N2O6S/c1-10(9-18)16-24(21,22)13-8-11(6-7-12(13)23-2)17-14(19)4-3-5-15(17)20/h6-8,10,16,18H,3-5,9H2,1-2H3/t10-/m0/s1. The summed E-state index contributed by atoms with van der Waals surface area (Å²) in [5.41, 5.74) is 0.183. The maximum atomic E-state index is 12.5. The van der Waals surface area contributed by atoms with E-state index in [-0.39, 0.29) is 47.6 Å². The van der Waals surface area contributed by atoms with Crippen LogP contribution in [0.5, 0.6) is 5.75 Å². The number of nitrogens with zero attached hydrogens (tertiary/aromatic N) is 1. The second-order valence-corrected chi connectivity index (χ2v) is 7.20. The smallest absolute Gasteiger partial charge is 0.244 e. The fourth-order valence-electron chi connectivity index (χ4n) is 2.42. The summed E-state index contributed by atoms with van der Waals surface area (Å²) >= 11 is 0. The highest BCUT2D eigenvalue weighted by Crippen LogP contribution is 2.31. The lowest BCUT2D eigenvalue weighted by molar-refractivity contribution is -0.129. The van der Waals surface area contributed by atoms with Crippen LogP contribution in [0.15, 0.2) is 23.1 Å². The number of hydrogen-bond acceptors (Lipinski definition) is 6. The Labute approximate surface area is 140 Å².